The van der Waals surface area contributed by atoms with E-state index in [1.54, 1.807) is 36.4 Å². The number of benzene rings is 3. The highest BCUT2D eigenvalue weighted by Crippen LogP contribution is 2.39. The molecule has 4 nitrogen and oxygen atoms in total. The predicted molar refractivity (Wildman–Crippen MR) is 112 cm³/mol. The van der Waals surface area contributed by atoms with Crippen LogP contribution in [0.2, 0.25) is 0 Å². The van der Waals surface area contributed by atoms with Crippen LogP contribution >= 0.6 is 0 Å². The topological polar surface area (TPSA) is 47.6 Å². The van der Waals surface area contributed by atoms with Crippen LogP contribution in [0.15, 0.2) is 60.7 Å². The highest BCUT2D eigenvalue weighted by molar-refractivity contribution is 6.34. The van der Waals surface area contributed by atoms with E-state index >= 15 is 0 Å². The molecule has 1 N–H and O–H groups in total. The Morgan fingerprint density at radius 1 is 0.969 bits per heavy atom. The molecule has 0 saturated carbocycles. The van der Waals surface area contributed by atoms with Crippen molar-refractivity contribution in [3.8, 4) is 11.5 Å². The van der Waals surface area contributed by atoms with Crippen LogP contribution in [0, 0.1) is 5.82 Å². The molecule has 1 heterocycles. The minimum atomic E-state index is -4.50. The highest BCUT2D eigenvalue weighted by Gasteiger charge is 2.33. The Morgan fingerprint density at radius 2 is 1.72 bits per heavy atom. The van der Waals surface area contributed by atoms with Crippen LogP contribution in [0.1, 0.15) is 22.3 Å². The molecule has 0 unspecified atom stereocenters. The number of nitrogens with one attached hydrogen (secondary N) is 1. The van der Waals surface area contributed by atoms with Gasteiger partial charge in [0.15, 0.2) is 11.5 Å². The summed E-state index contributed by atoms with van der Waals surface area (Å²) < 4.78 is 63.0. The Morgan fingerprint density at radius 3 is 2.41 bits per heavy atom. The first-order valence-electron chi connectivity index (χ1n) is 9.54. The number of alkyl halides is 3. The molecule has 0 aliphatic carbocycles. The van der Waals surface area contributed by atoms with Gasteiger partial charge in [-0.2, -0.15) is 13.2 Å². The third-order valence-electron chi connectivity index (χ3n) is 4.94. The summed E-state index contributed by atoms with van der Waals surface area (Å²) in [4.78, 5) is 12.4. The number of carbonyl (C=O) groups is 1. The van der Waals surface area contributed by atoms with Gasteiger partial charge in [-0.3, -0.25) is 4.79 Å². The second kappa shape index (κ2) is 8.37. The maximum Gasteiger partial charge on any atom is 0.416 e. The van der Waals surface area contributed by atoms with Crippen LogP contribution in [0.4, 0.5) is 23.2 Å². The number of ether oxygens (including phenoxy) is 2. The number of methoxy groups -OCH3 is 1. The lowest BCUT2D eigenvalue weighted by Crippen LogP contribution is -2.06. The van der Waals surface area contributed by atoms with Gasteiger partial charge >= 0.3 is 6.18 Å². The van der Waals surface area contributed by atoms with Gasteiger partial charge in [-0.1, -0.05) is 24.3 Å². The number of hydrogen-bond donors (Lipinski definition) is 1. The van der Waals surface area contributed by atoms with Gasteiger partial charge in [-0.15, -0.1) is 0 Å². The molecule has 0 atom stereocenters. The van der Waals surface area contributed by atoms with Gasteiger partial charge in [-0.25, -0.2) is 4.39 Å². The molecule has 4 rings (SSSR count). The molecule has 0 fully saturated rings. The minimum absolute atomic E-state index is 0.113. The van der Waals surface area contributed by atoms with E-state index in [-0.39, 0.29) is 23.7 Å². The van der Waals surface area contributed by atoms with Gasteiger partial charge in [0.25, 0.3) is 5.91 Å². The lowest BCUT2D eigenvalue weighted by Gasteiger charge is -2.12. The Balaban J connectivity index is 1.58. The molecule has 164 valence electrons. The first kappa shape index (κ1) is 21.4. The summed E-state index contributed by atoms with van der Waals surface area (Å²) in [5.41, 5.74) is 1.30. The van der Waals surface area contributed by atoms with Crippen molar-refractivity contribution >= 4 is 23.2 Å². The quantitative estimate of drug-likeness (QED) is 0.393. The summed E-state index contributed by atoms with van der Waals surface area (Å²) >= 11 is 0. The number of hydrogen-bond acceptors (Lipinski definition) is 3. The highest BCUT2D eigenvalue weighted by atomic mass is 19.4. The van der Waals surface area contributed by atoms with Crippen molar-refractivity contribution in [3.63, 3.8) is 0 Å². The van der Waals surface area contributed by atoms with Gasteiger partial charge in [-0.05, 0) is 53.6 Å². The van der Waals surface area contributed by atoms with Gasteiger partial charge < -0.3 is 14.8 Å². The number of rotatable bonds is 5. The molecular formula is C24H17F4NO3. The monoisotopic (exact) mass is 443 g/mol. The molecule has 1 amide bonds. The van der Waals surface area contributed by atoms with Gasteiger partial charge in [0.05, 0.1) is 12.7 Å². The predicted octanol–water partition coefficient (Wildman–Crippen LogP) is 5.92. The summed E-state index contributed by atoms with van der Waals surface area (Å²) in [5, 5.41) is 2.47. The third kappa shape index (κ3) is 4.44. The number of fused-ring (bicyclic) bond motifs is 1. The van der Waals surface area contributed by atoms with Crippen LogP contribution in [0.5, 0.6) is 11.5 Å². The standard InChI is InChI=1S/C24H17F4NO3/c1-31-22-11-15(4-9-21(22)32-13-14-2-6-17(25)7-3-14)10-19-18-8-5-16(24(26,27)28)12-20(18)29-23(19)30/h2-12H,13H2,1H3,(H,29,30)/b19-10+. The van der Waals surface area contributed by atoms with Crippen molar-refractivity contribution in [1.82, 2.24) is 0 Å². The second-order valence-electron chi connectivity index (χ2n) is 7.10. The summed E-state index contributed by atoms with van der Waals surface area (Å²) in [7, 11) is 1.47. The van der Waals surface area contributed by atoms with Crippen LogP contribution < -0.4 is 14.8 Å². The SMILES string of the molecule is COc1cc(/C=C2/C(=O)Nc3cc(C(F)(F)F)ccc32)ccc1OCc1ccc(F)cc1. The van der Waals surface area contributed by atoms with Crippen LogP contribution in [-0.2, 0) is 17.6 Å². The van der Waals surface area contributed by atoms with Gasteiger partial charge in [0.2, 0.25) is 0 Å². The second-order valence-corrected chi connectivity index (χ2v) is 7.10. The fourth-order valence-electron chi connectivity index (χ4n) is 3.32. The molecule has 32 heavy (non-hydrogen) atoms. The maximum absolute atomic E-state index is 13.0. The van der Waals surface area contributed by atoms with Crippen LogP contribution in [0.25, 0.3) is 11.6 Å². The number of halogens is 4. The number of amides is 1. The first-order chi connectivity index (χ1) is 15.2. The van der Waals surface area contributed by atoms with E-state index in [2.05, 4.69) is 5.32 Å². The molecule has 0 spiro atoms. The van der Waals surface area contributed by atoms with Crippen molar-refractivity contribution in [2.45, 2.75) is 12.8 Å². The van der Waals surface area contributed by atoms with E-state index in [0.717, 1.165) is 17.7 Å². The summed E-state index contributed by atoms with van der Waals surface area (Å²) in [5.74, 6) is 0.0309. The minimum Gasteiger partial charge on any atom is -0.493 e. The van der Waals surface area contributed by atoms with Crippen molar-refractivity contribution < 1.29 is 31.8 Å². The van der Waals surface area contributed by atoms with E-state index in [1.807, 2.05) is 0 Å². The zero-order valence-corrected chi connectivity index (χ0v) is 16.8. The Labute approximate surface area is 181 Å². The molecule has 0 bridgehead atoms. The first-order valence-corrected chi connectivity index (χ1v) is 9.54. The smallest absolute Gasteiger partial charge is 0.416 e. The Kier molecular flexibility index (Phi) is 5.61. The van der Waals surface area contributed by atoms with Crippen LogP contribution in [0.3, 0.4) is 0 Å². The molecular weight excluding hydrogens is 426 g/mol. The van der Waals surface area contributed by atoms with Crippen molar-refractivity contribution in [2.75, 3.05) is 12.4 Å². The molecule has 1 aliphatic rings. The lowest BCUT2D eigenvalue weighted by molar-refractivity contribution is -0.137. The van der Waals surface area contributed by atoms with Crippen molar-refractivity contribution in [3.05, 3.63) is 88.7 Å². The normalized spacial score (nSPS) is 14.3. The molecule has 0 radical (unpaired) electrons. The zero-order chi connectivity index (χ0) is 22.9. The van der Waals surface area contributed by atoms with E-state index in [4.69, 9.17) is 9.47 Å². The van der Waals surface area contributed by atoms with Gasteiger partial charge in [0.1, 0.15) is 12.4 Å². The van der Waals surface area contributed by atoms with E-state index in [1.165, 1.54) is 25.3 Å². The zero-order valence-electron chi connectivity index (χ0n) is 16.8. The summed E-state index contributed by atoms with van der Waals surface area (Å²) in [6.45, 7) is 0.203. The van der Waals surface area contributed by atoms with Crippen molar-refractivity contribution in [2.24, 2.45) is 0 Å². The number of carbonyl (C=O) groups excluding carboxylic acids is 1. The average Bonchev–Trinajstić information content (AvgIpc) is 3.07. The largest absolute Gasteiger partial charge is 0.493 e. The summed E-state index contributed by atoms with van der Waals surface area (Å²) in [6.07, 6.45) is -2.93. The molecule has 0 aromatic heterocycles. The van der Waals surface area contributed by atoms with Gasteiger partial charge in [0, 0.05) is 16.8 Å². The fourth-order valence-corrected chi connectivity index (χ4v) is 3.32. The van der Waals surface area contributed by atoms with E-state index < -0.39 is 17.6 Å². The Hall–Kier alpha value is -3.81. The lowest BCUT2D eigenvalue weighted by atomic mass is 10.0. The fraction of sp³-hybridized carbons (Fsp3) is 0.125. The molecule has 0 saturated heterocycles. The molecule has 3 aromatic carbocycles. The number of anilines is 1. The maximum atomic E-state index is 13.0. The van der Waals surface area contributed by atoms with Crippen LogP contribution in [-0.4, -0.2) is 13.0 Å². The molecule has 3 aromatic rings. The Bertz CT molecular complexity index is 1200. The average molecular weight is 443 g/mol. The third-order valence-corrected chi connectivity index (χ3v) is 4.94. The molecule has 8 heteroatoms. The molecule has 1 aliphatic heterocycles. The van der Waals surface area contributed by atoms with Crippen molar-refractivity contribution in [1.29, 1.82) is 0 Å². The summed E-state index contributed by atoms with van der Waals surface area (Å²) in [6, 6.07) is 14.1. The van der Waals surface area contributed by atoms with E-state index in [0.29, 0.717) is 22.6 Å². The van der Waals surface area contributed by atoms with E-state index in [9.17, 15) is 22.4 Å².